The number of benzene rings is 2. The van der Waals surface area contributed by atoms with Gasteiger partial charge in [-0.1, -0.05) is 29.5 Å². The Bertz CT molecular complexity index is 1050. The summed E-state index contributed by atoms with van der Waals surface area (Å²) in [5.41, 5.74) is 4.96. The van der Waals surface area contributed by atoms with Crippen LogP contribution in [0, 0.1) is 13.8 Å². The van der Waals surface area contributed by atoms with Crippen LogP contribution in [0.1, 0.15) is 34.9 Å². The van der Waals surface area contributed by atoms with Crippen LogP contribution < -0.4 is 4.90 Å². The number of piperidine rings is 1. The average Bonchev–Trinajstić information content (AvgIpc) is 3.29. The van der Waals surface area contributed by atoms with E-state index < -0.39 is 0 Å². The zero-order chi connectivity index (χ0) is 17.7. The molecule has 0 bridgehead atoms. The first kappa shape index (κ1) is 16.2. The molecule has 0 saturated carbocycles. The van der Waals surface area contributed by atoms with Gasteiger partial charge in [0.05, 0.1) is 25.4 Å². The molecule has 1 fully saturated rings. The summed E-state index contributed by atoms with van der Waals surface area (Å²) in [4.78, 5) is 12.3. The largest absolute Gasteiger partial charge is 0.348 e. The molecule has 26 heavy (non-hydrogen) atoms. The number of anilines is 1. The van der Waals surface area contributed by atoms with Crippen molar-refractivity contribution in [2.45, 2.75) is 32.6 Å². The lowest BCUT2D eigenvalue weighted by atomic mass is 9.98. The van der Waals surface area contributed by atoms with E-state index in [-0.39, 0.29) is 0 Å². The van der Waals surface area contributed by atoms with Gasteiger partial charge in [0.15, 0.2) is 5.13 Å². The van der Waals surface area contributed by atoms with Crippen LogP contribution in [0.5, 0.6) is 0 Å². The minimum absolute atomic E-state index is 0.585. The SMILES string of the molecule is Cc1ccc2sc(N3CCC(c4nc5ccccc5s4)CC3)nc2c1C. The average molecular weight is 380 g/mol. The zero-order valence-electron chi connectivity index (χ0n) is 15.0. The number of aryl methyl sites for hydroxylation is 2. The van der Waals surface area contributed by atoms with E-state index >= 15 is 0 Å². The lowest BCUT2D eigenvalue weighted by Gasteiger charge is -2.30. The smallest absolute Gasteiger partial charge is 0.186 e. The van der Waals surface area contributed by atoms with Crippen molar-refractivity contribution < 1.29 is 0 Å². The van der Waals surface area contributed by atoms with Gasteiger partial charge in [-0.2, -0.15) is 0 Å². The summed E-state index contributed by atoms with van der Waals surface area (Å²) in [6.45, 7) is 6.48. The van der Waals surface area contributed by atoms with E-state index in [9.17, 15) is 0 Å². The van der Waals surface area contributed by atoms with Crippen molar-refractivity contribution in [1.82, 2.24) is 9.97 Å². The monoisotopic (exact) mass is 379 g/mol. The Morgan fingerprint density at radius 1 is 0.923 bits per heavy atom. The number of para-hydroxylation sites is 1. The molecular weight excluding hydrogens is 358 g/mol. The van der Waals surface area contributed by atoms with Crippen LogP contribution in [0.4, 0.5) is 5.13 Å². The van der Waals surface area contributed by atoms with Gasteiger partial charge in [-0.05, 0) is 56.0 Å². The van der Waals surface area contributed by atoms with E-state index in [0.29, 0.717) is 5.92 Å². The lowest BCUT2D eigenvalue weighted by Crippen LogP contribution is -2.32. The number of hydrogen-bond donors (Lipinski definition) is 0. The number of fused-ring (bicyclic) bond motifs is 2. The molecule has 0 unspecified atom stereocenters. The highest BCUT2D eigenvalue weighted by Gasteiger charge is 2.25. The standard InChI is InChI=1S/C21H21N3S2/c1-13-7-8-18-19(14(13)2)23-21(26-18)24-11-9-15(10-12-24)20-22-16-5-3-4-6-17(16)25-20/h3-8,15H,9-12H2,1-2H3. The minimum atomic E-state index is 0.585. The molecule has 0 atom stereocenters. The van der Waals surface area contributed by atoms with Crippen LogP contribution >= 0.6 is 22.7 Å². The first-order chi connectivity index (χ1) is 12.7. The predicted molar refractivity (Wildman–Crippen MR) is 113 cm³/mol. The highest BCUT2D eigenvalue weighted by molar-refractivity contribution is 7.22. The Balaban J connectivity index is 1.36. The van der Waals surface area contributed by atoms with Crippen molar-refractivity contribution >= 4 is 48.2 Å². The van der Waals surface area contributed by atoms with Crippen molar-refractivity contribution in [3.8, 4) is 0 Å². The minimum Gasteiger partial charge on any atom is -0.348 e. The van der Waals surface area contributed by atoms with Gasteiger partial charge in [0.2, 0.25) is 0 Å². The summed E-state index contributed by atoms with van der Waals surface area (Å²) in [7, 11) is 0. The van der Waals surface area contributed by atoms with Crippen molar-refractivity contribution in [3.05, 3.63) is 52.5 Å². The van der Waals surface area contributed by atoms with Crippen LogP contribution in [-0.4, -0.2) is 23.1 Å². The summed E-state index contributed by atoms with van der Waals surface area (Å²) in [5.74, 6) is 0.585. The van der Waals surface area contributed by atoms with Gasteiger partial charge in [0, 0.05) is 19.0 Å². The van der Waals surface area contributed by atoms with Crippen molar-refractivity contribution in [2.75, 3.05) is 18.0 Å². The van der Waals surface area contributed by atoms with Gasteiger partial charge in [0.25, 0.3) is 0 Å². The van der Waals surface area contributed by atoms with Crippen molar-refractivity contribution in [1.29, 1.82) is 0 Å². The third-order valence-electron chi connectivity index (χ3n) is 5.50. The molecule has 1 aliphatic rings. The van der Waals surface area contributed by atoms with Crippen molar-refractivity contribution in [2.24, 2.45) is 0 Å². The summed E-state index contributed by atoms with van der Waals surface area (Å²) >= 11 is 3.69. The topological polar surface area (TPSA) is 29.0 Å². The highest BCUT2D eigenvalue weighted by Crippen LogP contribution is 2.37. The molecule has 0 amide bonds. The number of thiazole rings is 2. The zero-order valence-corrected chi connectivity index (χ0v) is 16.7. The number of hydrogen-bond acceptors (Lipinski definition) is 5. The molecule has 5 heteroatoms. The molecule has 3 nitrogen and oxygen atoms in total. The second kappa shape index (κ2) is 6.32. The van der Waals surface area contributed by atoms with Crippen LogP contribution in [0.2, 0.25) is 0 Å². The molecule has 1 saturated heterocycles. The first-order valence-electron chi connectivity index (χ1n) is 9.16. The highest BCUT2D eigenvalue weighted by atomic mass is 32.1. The molecule has 0 spiro atoms. The summed E-state index contributed by atoms with van der Waals surface area (Å²) in [5, 5.41) is 2.48. The number of nitrogens with zero attached hydrogens (tertiary/aromatic N) is 3. The second-order valence-electron chi connectivity index (χ2n) is 7.13. The van der Waals surface area contributed by atoms with Gasteiger partial charge in [-0.3, -0.25) is 0 Å². The Morgan fingerprint density at radius 3 is 2.54 bits per heavy atom. The second-order valence-corrected chi connectivity index (χ2v) is 9.20. The van der Waals surface area contributed by atoms with E-state index in [1.807, 2.05) is 22.7 Å². The van der Waals surface area contributed by atoms with Crippen LogP contribution in [0.3, 0.4) is 0 Å². The van der Waals surface area contributed by atoms with Gasteiger partial charge < -0.3 is 4.90 Å². The Kier molecular flexibility index (Phi) is 3.94. The van der Waals surface area contributed by atoms with E-state index in [4.69, 9.17) is 9.97 Å². The van der Waals surface area contributed by atoms with Gasteiger partial charge in [-0.25, -0.2) is 9.97 Å². The van der Waals surface area contributed by atoms with Gasteiger partial charge in [0.1, 0.15) is 0 Å². The molecule has 2 aromatic carbocycles. The number of rotatable bonds is 2. The Hall–Kier alpha value is -1.98. The fourth-order valence-corrected chi connectivity index (χ4v) is 5.95. The van der Waals surface area contributed by atoms with Crippen LogP contribution in [-0.2, 0) is 0 Å². The fraction of sp³-hybridized carbons (Fsp3) is 0.333. The molecule has 4 aromatic rings. The normalized spacial score (nSPS) is 16.0. The maximum atomic E-state index is 4.96. The van der Waals surface area contributed by atoms with E-state index in [2.05, 4.69) is 55.1 Å². The fourth-order valence-electron chi connectivity index (χ4n) is 3.73. The maximum absolute atomic E-state index is 4.96. The molecule has 0 radical (unpaired) electrons. The Labute approximate surface area is 161 Å². The summed E-state index contributed by atoms with van der Waals surface area (Å²) < 4.78 is 2.61. The number of aromatic nitrogens is 2. The molecule has 3 heterocycles. The molecule has 0 N–H and O–H groups in total. The summed E-state index contributed by atoms with van der Waals surface area (Å²) in [6.07, 6.45) is 2.32. The van der Waals surface area contributed by atoms with Gasteiger partial charge >= 0.3 is 0 Å². The third kappa shape index (κ3) is 2.70. The van der Waals surface area contributed by atoms with Crippen molar-refractivity contribution in [3.63, 3.8) is 0 Å². The Morgan fingerprint density at radius 2 is 1.73 bits per heavy atom. The van der Waals surface area contributed by atoms with Gasteiger partial charge in [-0.15, -0.1) is 11.3 Å². The lowest BCUT2D eigenvalue weighted by molar-refractivity contribution is 0.504. The van der Waals surface area contributed by atoms with E-state index in [1.54, 1.807) is 0 Å². The van der Waals surface area contributed by atoms with Crippen LogP contribution in [0.15, 0.2) is 36.4 Å². The van der Waals surface area contributed by atoms with E-state index in [0.717, 1.165) is 31.4 Å². The molecular formula is C21H21N3S2. The first-order valence-corrected chi connectivity index (χ1v) is 10.8. The molecule has 5 rings (SSSR count). The van der Waals surface area contributed by atoms with E-state index in [1.165, 1.54) is 36.2 Å². The maximum Gasteiger partial charge on any atom is 0.186 e. The summed E-state index contributed by atoms with van der Waals surface area (Å²) in [6, 6.07) is 12.9. The molecule has 1 aliphatic heterocycles. The predicted octanol–water partition coefficient (Wildman–Crippen LogP) is 5.91. The van der Waals surface area contributed by atoms with Crippen LogP contribution in [0.25, 0.3) is 20.4 Å². The third-order valence-corrected chi connectivity index (χ3v) is 7.78. The molecule has 2 aromatic heterocycles. The quantitative estimate of drug-likeness (QED) is 0.434. The molecule has 0 aliphatic carbocycles. The molecule has 132 valence electrons.